The lowest BCUT2D eigenvalue weighted by atomic mass is 9.82. The molecule has 2 aliphatic rings. The van der Waals surface area contributed by atoms with Crippen LogP contribution in [-0.4, -0.2) is 73.3 Å². The average Bonchev–Trinajstić information content (AvgIpc) is 3.18. The fraction of sp³-hybridized carbons (Fsp3) is 0.346. The maximum atomic E-state index is 13.9. The highest BCUT2D eigenvalue weighted by Crippen LogP contribution is 2.53. The minimum atomic E-state index is -1.71. The van der Waals surface area contributed by atoms with Crippen LogP contribution in [0.2, 0.25) is 0 Å². The first-order valence-corrected chi connectivity index (χ1v) is 11.3. The third kappa shape index (κ3) is 3.45. The van der Waals surface area contributed by atoms with E-state index in [2.05, 4.69) is 0 Å². The number of rotatable bonds is 7. The fourth-order valence-corrected chi connectivity index (χ4v) is 4.84. The van der Waals surface area contributed by atoms with Crippen LogP contribution in [0.15, 0.2) is 54.1 Å². The number of nitrogens with zero attached hydrogens (tertiary/aromatic N) is 3. The molecule has 178 valence electrons. The van der Waals surface area contributed by atoms with Crippen molar-refractivity contribution in [3.63, 3.8) is 0 Å². The molecular weight excluding hydrogens is 434 g/mol. The second-order valence-electron chi connectivity index (χ2n) is 8.72. The van der Waals surface area contributed by atoms with E-state index in [1.54, 1.807) is 55.6 Å². The molecule has 1 atom stereocenters. The van der Waals surface area contributed by atoms with Crippen LogP contribution in [0.25, 0.3) is 5.76 Å². The lowest BCUT2D eigenvalue weighted by Gasteiger charge is -2.34. The zero-order valence-corrected chi connectivity index (χ0v) is 19.9. The van der Waals surface area contributed by atoms with Crippen molar-refractivity contribution in [2.24, 2.45) is 0 Å². The van der Waals surface area contributed by atoms with E-state index in [0.717, 1.165) is 0 Å². The number of aliphatic hydroxyl groups excluding tert-OH is 1. The number of benzene rings is 2. The number of hydrogen-bond donors (Lipinski definition) is 1. The van der Waals surface area contributed by atoms with Gasteiger partial charge in [-0.2, -0.15) is 0 Å². The lowest BCUT2D eigenvalue weighted by molar-refractivity contribution is -0.143. The van der Waals surface area contributed by atoms with Crippen molar-refractivity contribution in [1.82, 2.24) is 9.80 Å². The molecule has 2 amide bonds. The molecule has 2 aromatic carbocycles. The highest BCUT2D eigenvalue weighted by molar-refractivity contribution is 6.50. The normalized spacial score (nSPS) is 21.1. The van der Waals surface area contributed by atoms with Gasteiger partial charge in [0, 0.05) is 30.4 Å². The highest BCUT2D eigenvalue weighted by atomic mass is 16.5. The van der Waals surface area contributed by atoms with Crippen molar-refractivity contribution in [1.29, 1.82) is 0 Å². The summed E-state index contributed by atoms with van der Waals surface area (Å²) < 4.78 is 5.46. The van der Waals surface area contributed by atoms with Gasteiger partial charge in [0.15, 0.2) is 5.54 Å². The number of anilines is 1. The van der Waals surface area contributed by atoms with Gasteiger partial charge in [0.2, 0.25) is 0 Å². The van der Waals surface area contributed by atoms with Gasteiger partial charge in [-0.1, -0.05) is 18.2 Å². The zero-order chi connectivity index (χ0) is 24.6. The van der Waals surface area contributed by atoms with Crippen molar-refractivity contribution < 1.29 is 24.2 Å². The van der Waals surface area contributed by atoms with Crippen LogP contribution in [0.4, 0.5) is 5.69 Å². The number of fused-ring (bicyclic) bond motifs is 2. The van der Waals surface area contributed by atoms with Crippen LogP contribution in [0.3, 0.4) is 0 Å². The van der Waals surface area contributed by atoms with Crippen LogP contribution in [-0.2, 0) is 19.9 Å². The van der Waals surface area contributed by atoms with Crippen LogP contribution >= 0.6 is 0 Å². The number of ketones is 1. The standard InChI is InChI=1S/C26H29N3O5/c1-5-34-18-13-11-17(12-14-18)22(30)21-23(31)24(32)29(16-8-15-27(2)3)26(21)19-9-6-7-10-20(19)28(4)25(26)33/h6-7,9-14,30H,5,8,15-16H2,1-4H3. The van der Waals surface area contributed by atoms with Crippen LogP contribution in [0.5, 0.6) is 5.75 Å². The first-order chi connectivity index (χ1) is 16.2. The number of amides is 2. The van der Waals surface area contributed by atoms with Gasteiger partial charge in [0.05, 0.1) is 12.2 Å². The Kier molecular flexibility index (Phi) is 6.18. The molecule has 0 saturated carbocycles. The average molecular weight is 464 g/mol. The van der Waals surface area contributed by atoms with Crippen molar-refractivity contribution in [3.8, 4) is 5.75 Å². The molecule has 1 N–H and O–H groups in total. The van der Waals surface area contributed by atoms with Crippen LogP contribution in [0.1, 0.15) is 24.5 Å². The van der Waals surface area contributed by atoms with Gasteiger partial charge in [0.25, 0.3) is 17.6 Å². The molecule has 0 aromatic heterocycles. The summed E-state index contributed by atoms with van der Waals surface area (Å²) in [4.78, 5) is 45.4. The predicted octanol–water partition coefficient (Wildman–Crippen LogP) is 2.59. The molecule has 34 heavy (non-hydrogen) atoms. The van der Waals surface area contributed by atoms with E-state index < -0.39 is 23.1 Å². The summed E-state index contributed by atoms with van der Waals surface area (Å²) in [7, 11) is 5.45. The number of aliphatic hydroxyl groups is 1. The zero-order valence-electron chi connectivity index (χ0n) is 19.9. The smallest absolute Gasteiger partial charge is 0.296 e. The molecule has 2 aromatic rings. The summed E-state index contributed by atoms with van der Waals surface area (Å²) in [5.74, 6) is -1.86. The molecule has 1 unspecified atom stereocenters. The Morgan fingerprint density at radius 2 is 1.74 bits per heavy atom. The molecule has 0 bridgehead atoms. The van der Waals surface area contributed by atoms with E-state index in [-0.39, 0.29) is 17.9 Å². The molecule has 1 saturated heterocycles. The molecule has 2 heterocycles. The van der Waals surface area contributed by atoms with Crippen molar-refractivity contribution in [2.75, 3.05) is 45.7 Å². The van der Waals surface area contributed by atoms with Crippen LogP contribution < -0.4 is 9.64 Å². The largest absolute Gasteiger partial charge is 0.507 e. The summed E-state index contributed by atoms with van der Waals surface area (Å²) in [6.07, 6.45) is 0.560. The van der Waals surface area contributed by atoms with E-state index >= 15 is 0 Å². The topological polar surface area (TPSA) is 90.4 Å². The quantitative estimate of drug-likeness (QED) is 0.386. The third-order valence-corrected chi connectivity index (χ3v) is 6.37. The van der Waals surface area contributed by atoms with Crippen molar-refractivity contribution in [2.45, 2.75) is 18.9 Å². The maximum Gasteiger partial charge on any atom is 0.296 e. The first kappa shape index (κ1) is 23.5. The first-order valence-electron chi connectivity index (χ1n) is 11.3. The number of ether oxygens (including phenoxy) is 1. The van der Waals surface area contributed by atoms with Crippen molar-refractivity contribution in [3.05, 3.63) is 65.2 Å². The molecular formula is C26H29N3O5. The minimum absolute atomic E-state index is 0.191. The van der Waals surface area contributed by atoms with Gasteiger partial charge in [-0.3, -0.25) is 14.4 Å². The Balaban J connectivity index is 1.93. The third-order valence-electron chi connectivity index (χ3n) is 6.37. The molecule has 1 spiro atoms. The Labute approximate surface area is 199 Å². The summed E-state index contributed by atoms with van der Waals surface area (Å²) in [6, 6.07) is 13.7. The monoisotopic (exact) mass is 463 g/mol. The van der Waals surface area contributed by atoms with Gasteiger partial charge >= 0.3 is 0 Å². The van der Waals surface area contributed by atoms with Gasteiger partial charge in [-0.15, -0.1) is 0 Å². The van der Waals surface area contributed by atoms with Gasteiger partial charge in [0.1, 0.15) is 11.5 Å². The number of likely N-dealkylation sites (tertiary alicyclic amines) is 1. The van der Waals surface area contributed by atoms with E-state index in [0.29, 0.717) is 42.1 Å². The summed E-state index contributed by atoms with van der Waals surface area (Å²) in [5.41, 5.74) is -0.472. The molecule has 1 fully saturated rings. The lowest BCUT2D eigenvalue weighted by Crippen LogP contribution is -2.51. The predicted molar refractivity (Wildman–Crippen MR) is 129 cm³/mol. The number of carbonyl (C=O) groups excluding carboxylic acids is 3. The van der Waals surface area contributed by atoms with E-state index in [4.69, 9.17) is 4.74 Å². The highest BCUT2D eigenvalue weighted by Gasteiger charge is 2.66. The molecule has 8 heteroatoms. The summed E-state index contributed by atoms with van der Waals surface area (Å²) in [5, 5.41) is 11.4. The molecule has 2 aliphatic heterocycles. The van der Waals surface area contributed by atoms with Crippen molar-refractivity contribution >= 4 is 29.0 Å². The number of likely N-dealkylation sites (N-methyl/N-ethyl adjacent to an activating group) is 1. The van der Waals surface area contributed by atoms with E-state index in [9.17, 15) is 19.5 Å². The Bertz CT molecular complexity index is 1170. The summed E-state index contributed by atoms with van der Waals surface area (Å²) >= 11 is 0. The second kappa shape index (κ2) is 8.95. The fourth-order valence-electron chi connectivity index (χ4n) is 4.84. The number of hydrogen-bond acceptors (Lipinski definition) is 6. The molecule has 0 radical (unpaired) electrons. The second-order valence-corrected chi connectivity index (χ2v) is 8.72. The maximum absolute atomic E-state index is 13.9. The van der Waals surface area contributed by atoms with Crippen LogP contribution in [0, 0.1) is 0 Å². The number of carbonyl (C=O) groups is 3. The molecule has 8 nitrogen and oxygen atoms in total. The van der Waals surface area contributed by atoms with Gasteiger partial charge in [-0.25, -0.2) is 0 Å². The summed E-state index contributed by atoms with van der Waals surface area (Å²) in [6.45, 7) is 3.22. The van der Waals surface area contributed by atoms with E-state index in [1.165, 1.54) is 9.80 Å². The molecule has 0 aliphatic carbocycles. The van der Waals surface area contributed by atoms with E-state index in [1.807, 2.05) is 25.9 Å². The molecule has 4 rings (SSSR count). The number of Topliss-reactive ketones (excluding diaryl/α,β-unsaturated/α-hetero) is 1. The number of para-hydroxylation sites is 1. The Morgan fingerprint density at radius 1 is 1.06 bits per heavy atom. The van der Waals surface area contributed by atoms with Gasteiger partial charge < -0.3 is 24.5 Å². The Hall–Kier alpha value is -3.65. The van der Waals surface area contributed by atoms with Gasteiger partial charge in [-0.05, 0) is 64.3 Å². The minimum Gasteiger partial charge on any atom is -0.507 e. The Morgan fingerprint density at radius 3 is 2.38 bits per heavy atom. The SMILES string of the molecule is CCOc1ccc(C(O)=C2C(=O)C(=O)N(CCCN(C)C)C23C(=O)N(C)c2ccccc23)cc1.